The van der Waals surface area contributed by atoms with Gasteiger partial charge in [0.1, 0.15) is 0 Å². The van der Waals surface area contributed by atoms with Crippen LogP contribution in [0, 0.1) is 0 Å². The number of rotatable bonds is 3. The zero-order valence-electron chi connectivity index (χ0n) is 11.5. The SMILES string of the molecule is NC(=O)C1CN(c2ccc(C3=CC(S)OC=C3)cc2)C(=O)O1. The molecule has 2 heterocycles. The van der Waals surface area contributed by atoms with Crippen molar-refractivity contribution < 1.29 is 19.1 Å². The number of carbonyl (C=O) groups excluding carboxylic acids is 2. The van der Waals surface area contributed by atoms with Crippen LogP contribution in [-0.2, 0) is 14.3 Å². The fourth-order valence-corrected chi connectivity index (χ4v) is 2.52. The topological polar surface area (TPSA) is 81.9 Å². The lowest BCUT2D eigenvalue weighted by Gasteiger charge is -2.16. The molecule has 2 atom stereocenters. The molecular formula is C15H14N2O4S. The Balaban J connectivity index is 1.79. The maximum absolute atomic E-state index is 11.8. The lowest BCUT2D eigenvalue weighted by atomic mass is 10.0. The summed E-state index contributed by atoms with van der Waals surface area (Å²) in [5, 5.41) is 0. The molecule has 2 amide bonds. The molecular weight excluding hydrogens is 304 g/mol. The van der Waals surface area contributed by atoms with Crippen molar-refractivity contribution in [1.29, 1.82) is 0 Å². The van der Waals surface area contributed by atoms with Crippen LogP contribution in [0.15, 0.2) is 42.7 Å². The molecule has 114 valence electrons. The van der Waals surface area contributed by atoms with Crippen molar-refractivity contribution in [1.82, 2.24) is 0 Å². The minimum absolute atomic E-state index is 0.128. The number of amides is 2. The highest BCUT2D eigenvalue weighted by atomic mass is 32.1. The van der Waals surface area contributed by atoms with E-state index in [9.17, 15) is 9.59 Å². The average molecular weight is 318 g/mol. The highest BCUT2D eigenvalue weighted by Crippen LogP contribution is 2.26. The first-order valence-electron chi connectivity index (χ1n) is 6.64. The van der Waals surface area contributed by atoms with Gasteiger partial charge in [-0.1, -0.05) is 12.1 Å². The van der Waals surface area contributed by atoms with Gasteiger partial charge in [-0.05, 0) is 35.4 Å². The maximum Gasteiger partial charge on any atom is 0.415 e. The summed E-state index contributed by atoms with van der Waals surface area (Å²) in [7, 11) is 0. The van der Waals surface area contributed by atoms with Crippen molar-refractivity contribution in [3.63, 3.8) is 0 Å². The largest absolute Gasteiger partial charge is 0.483 e. The van der Waals surface area contributed by atoms with E-state index >= 15 is 0 Å². The summed E-state index contributed by atoms with van der Waals surface area (Å²) in [5.74, 6) is -0.648. The third-order valence-electron chi connectivity index (χ3n) is 3.43. The van der Waals surface area contributed by atoms with Crippen LogP contribution < -0.4 is 10.6 Å². The first-order valence-corrected chi connectivity index (χ1v) is 7.16. The maximum atomic E-state index is 11.8. The fraction of sp³-hybridized carbons (Fsp3) is 0.200. The van der Waals surface area contributed by atoms with Crippen LogP contribution in [0.4, 0.5) is 10.5 Å². The monoisotopic (exact) mass is 318 g/mol. The van der Waals surface area contributed by atoms with Gasteiger partial charge in [-0.3, -0.25) is 9.69 Å². The van der Waals surface area contributed by atoms with E-state index in [1.807, 2.05) is 24.3 Å². The van der Waals surface area contributed by atoms with Gasteiger partial charge in [0.15, 0.2) is 11.5 Å². The first kappa shape index (κ1) is 14.5. The number of cyclic esters (lactones) is 1. The van der Waals surface area contributed by atoms with Crippen LogP contribution in [0.2, 0.25) is 0 Å². The normalized spacial score (nSPS) is 23.8. The molecule has 3 rings (SSSR count). The second kappa shape index (κ2) is 5.76. The Kier molecular flexibility index (Phi) is 3.81. The van der Waals surface area contributed by atoms with Gasteiger partial charge in [-0.2, -0.15) is 0 Å². The Morgan fingerprint density at radius 1 is 1.32 bits per heavy atom. The van der Waals surface area contributed by atoms with E-state index < -0.39 is 18.1 Å². The number of carbonyl (C=O) groups is 2. The lowest BCUT2D eigenvalue weighted by molar-refractivity contribution is -0.124. The number of hydrogen-bond acceptors (Lipinski definition) is 5. The molecule has 2 aliphatic rings. The predicted octanol–water partition coefficient (Wildman–Crippen LogP) is 1.68. The number of allylic oxidation sites excluding steroid dienone is 2. The molecule has 7 heteroatoms. The summed E-state index contributed by atoms with van der Waals surface area (Å²) >= 11 is 4.24. The Bertz CT molecular complexity index is 669. The van der Waals surface area contributed by atoms with E-state index in [0.29, 0.717) is 5.69 Å². The summed E-state index contributed by atoms with van der Waals surface area (Å²) in [4.78, 5) is 24.2. The van der Waals surface area contributed by atoms with Gasteiger partial charge < -0.3 is 15.2 Å². The molecule has 1 aromatic carbocycles. The lowest BCUT2D eigenvalue weighted by Crippen LogP contribution is -2.32. The molecule has 2 N–H and O–H groups in total. The second-order valence-electron chi connectivity index (χ2n) is 4.88. The number of primary amides is 1. The van der Waals surface area contributed by atoms with Crippen LogP contribution in [0.1, 0.15) is 5.56 Å². The summed E-state index contributed by atoms with van der Waals surface area (Å²) in [6.07, 6.45) is 3.84. The summed E-state index contributed by atoms with van der Waals surface area (Å²) in [6.45, 7) is 0.128. The molecule has 1 saturated heterocycles. The quantitative estimate of drug-likeness (QED) is 0.831. The third-order valence-corrected chi connectivity index (χ3v) is 3.70. The van der Waals surface area contributed by atoms with Gasteiger partial charge in [0.05, 0.1) is 12.8 Å². The molecule has 2 unspecified atom stereocenters. The van der Waals surface area contributed by atoms with Crippen LogP contribution in [-0.4, -0.2) is 30.1 Å². The van der Waals surface area contributed by atoms with Crippen LogP contribution in [0.3, 0.4) is 0 Å². The minimum Gasteiger partial charge on any atom is -0.483 e. The Hall–Kier alpha value is -2.41. The van der Waals surface area contributed by atoms with Crippen molar-refractivity contribution >= 4 is 35.9 Å². The van der Waals surface area contributed by atoms with Gasteiger partial charge in [0.25, 0.3) is 5.91 Å². The second-order valence-corrected chi connectivity index (χ2v) is 5.39. The molecule has 1 fully saturated rings. The van der Waals surface area contributed by atoms with E-state index in [2.05, 4.69) is 12.6 Å². The molecule has 0 saturated carbocycles. The van der Waals surface area contributed by atoms with Crippen molar-refractivity contribution in [3.8, 4) is 0 Å². The Morgan fingerprint density at radius 2 is 2.05 bits per heavy atom. The average Bonchev–Trinajstić information content (AvgIpc) is 2.90. The van der Waals surface area contributed by atoms with Crippen molar-refractivity contribution in [2.24, 2.45) is 5.73 Å². The van der Waals surface area contributed by atoms with E-state index in [1.54, 1.807) is 18.4 Å². The molecule has 0 aliphatic carbocycles. The zero-order chi connectivity index (χ0) is 15.7. The minimum atomic E-state index is -0.904. The van der Waals surface area contributed by atoms with Gasteiger partial charge >= 0.3 is 6.09 Å². The van der Waals surface area contributed by atoms with E-state index in [0.717, 1.165) is 11.1 Å². The molecule has 22 heavy (non-hydrogen) atoms. The number of nitrogens with two attached hydrogens (primary N) is 1. The zero-order valence-corrected chi connectivity index (χ0v) is 12.4. The molecule has 0 bridgehead atoms. The smallest absolute Gasteiger partial charge is 0.415 e. The number of nitrogens with zero attached hydrogens (tertiary/aromatic N) is 1. The van der Waals surface area contributed by atoms with Crippen LogP contribution in [0.5, 0.6) is 0 Å². The molecule has 0 radical (unpaired) electrons. The van der Waals surface area contributed by atoms with Crippen LogP contribution in [0.25, 0.3) is 5.57 Å². The fourth-order valence-electron chi connectivity index (χ4n) is 2.29. The third kappa shape index (κ3) is 2.80. The Morgan fingerprint density at radius 3 is 2.64 bits per heavy atom. The van der Waals surface area contributed by atoms with Crippen molar-refractivity contribution in [2.45, 2.75) is 11.5 Å². The summed E-state index contributed by atoms with van der Waals surface area (Å²) < 4.78 is 10.1. The predicted molar refractivity (Wildman–Crippen MR) is 84.2 cm³/mol. The Labute approximate surface area is 132 Å². The van der Waals surface area contributed by atoms with Crippen LogP contribution >= 0.6 is 12.6 Å². The first-order chi connectivity index (χ1) is 10.5. The van der Waals surface area contributed by atoms with E-state index in [1.165, 1.54) is 4.90 Å². The van der Waals surface area contributed by atoms with E-state index in [-0.39, 0.29) is 12.0 Å². The van der Waals surface area contributed by atoms with Crippen molar-refractivity contribution in [3.05, 3.63) is 48.2 Å². The van der Waals surface area contributed by atoms with Gasteiger partial charge in [-0.25, -0.2) is 4.79 Å². The number of thiol groups is 1. The molecule has 2 aliphatic heterocycles. The van der Waals surface area contributed by atoms with Gasteiger partial charge in [0.2, 0.25) is 0 Å². The number of hydrogen-bond donors (Lipinski definition) is 2. The van der Waals surface area contributed by atoms with Gasteiger partial charge in [0, 0.05) is 5.69 Å². The molecule has 0 spiro atoms. The molecule has 6 nitrogen and oxygen atoms in total. The summed E-state index contributed by atoms with van der Waals surface area (Å²) in [6, 6.07) is 7.33. The van der Waals surface area contributed by atoms with Gasteiger partial charge in [-0.15, -0.1) is 12.6 Å². The van der Waals surface area contributed by atoms with E-state index in [4.69, 9.17) is 15.2 Å². The molecule has 1 aromatic rings. The van der Waals surface area contributed by atoms with Crippen molar-refractivity contribution in [2.75, 3.05) is 11.4 Å². The molecule has 0 aromatic heterocycles. The number of anilines is 1. The highest BCUT2D eigenvalue weighted by Gasteiger charge is 2.35. The number of ether oxygens (including phenoxy) is 2. The summed E-state index contributed by atoms with van der Waals surface area (Å²) in [5.41, 5.74) is 7.49. The standard InChI is InChI=1S/C15H14N2O4S/c16-14(18)12-8-17(15(19)21-12)11-3-1-9(2-4-11)10-5-6-20-13(22)7-10/h1-7,12-13,22H,8H2,(H2,16,18). The highest BCUT2D eigenvalue weighted by molar-refractivity contribution is 7.81. The number of benzene rings is 1.